The largest absolute Gasteiger partial charge is 0.400 e. The molecule has 224 valence electrons. The second kappa shape index (κ2) is 17.9. The minimum Gasteiger partial charge on any atom is -0.400 e. The van der Waals surface area contributed by atoms with E-state index in [1.54, 1.807) is 0 Å². The minimum atomic E-state index is -0.842. The topological polar surface area (TPSA) is 42.0 Å². The minimum absolute atomic E-state index is 0. The lowest BCUT2D eigenvalue weighted by Gasteiger charge is -2.41. The number of hydrogen-bond donors (Lipinski definition) is 2. The van der Waals surface area contributed by atoms with Crippen LogP contribution in [0.25, 0.3) is 0 Å². The Morgan fingerprint density at radius 2 is 1.63 bits per heavy atom. The highest BCUT2D eigenvalue weighted by atomic mass is 19.1. The smallest absolute Gasteiger partial charge is 0.143 e. The predicted octanol–water partition coefficient (Wildman–Crippen LogP) is 6.36. The van der Waals surface area contributed by atoms with E-state index in [1.807, 2.05) is 6.08 Å². The summed E-state index contributed by atoms with van der Waals surface area (Å²) in [5.41, 5.74) is 3.62. The van der Waals surface area contributed by atoms with Crippen LogP contribution in [-0.4, -0.2) is 92.5 Å². The van der Waals surface area contributed by atoms with Crippen molar-refractivity contribution in [1.29, 1.82) is 0 Å². The van der Waals surface area contributed by atoms with E-state index in [0.717, 1.165) is 70.0 Å². The zero-order valence-corrected chi connectivity index (χ0v) is 23.7. The Morgan fingerprint density at radius 1 is 1.05 bits per heavy atom. The number of hydrogen-bond acceptors (Lipinski definition) is 5. The van der Waals surface area contributed by atoms with Gasteiger partial charge in [-0.3, -0.25) is 4.90 Å². The summed E-state index contributed by atoms with van der Waals surface area (Å²) in [7, 11) is 3.22. The zero-order valence-electron chi connectivity index (χ0n) is 23.7. The first-order chi connectivity index (χ1) is 17.1. The molecule has 0 radical (unpaired) electrons. The van der Waals surface area contributed by atoms with E-state index < -0.39 is 6.17 Å². The molecule has 3 aliphatic heterocycles. The average molecular weight is 539 g/mol. The molecular weight excluding hydrogens is 475 g/mol. The first-order valence-electron chi connectivity index (χ1n) is 13.8. The van der Waals surface area contributed by atoms with Gasteiger partial charge in [-0.15, -0.1) is 6.58 Å². The molecule has 0 saturated carbocycles. The highest BCUT2D eigenvalue weighted by Gasteiger charge is 2.30. The van der Waals surface area contributed by atoms with Gasteiger partial charge in [-0.25, -0.2) is 4.39 Å². The van der Waals surface area contributed by atoms with Gasteiger partial charge < -0.3 is 20.2 Å². The Labute approximate surface area is 237 Å². The number of piperidine rings is 2. The number of halogens is 1. The molecule has 4 rings (SSSR count). The van der Waals surface area contributed by atoms with Crippen LogP contribution in [-0.2, 0) is 0 Å². The second-order valence-corrected chi connectivity index (χ2v) is 11.8. The summed E-state index contributed by atoms with van der Waals surface area (Å²) in [6.07, 6.45) is 10.7. The van der Waals surface area contributed by atoms with Crippen molar-refractivity contribution in [1.82, 2.24) is 20.0 Å². The number of alkyl halides is 1. The Kier molecular flexibility index (Phi) is 17.1. The van der Waals surface area contributed by atoms with Gasteiger partial charge in [-0.05, 0) is 69.1 Å². The van der Waals surface area contributed by atoms with Gasteiger partial charge in [0.15, 0.2) is 0 Å². The molecule has 1 aliphatic carbocycles. The molecule has 0 aromatic heterocycles. The number of nitrogens with one attached hydrogen (secondary N) is 1. The summed E-state index contributed by atoms with van der Waals surface area (Å²) in [4.78, 5) is 7.34. The van der Waals surface area contributed by atoms with Crippen LogP contribution in [0.4, 0.5) is 4.39 Å². The maximum absolute atomic E-state index is 15.0. The highest BCUT2D eigenvalue weighted by Crippen LogP contribution is 2.33. The van der Waals surface area contributed by atoms with E-state index >= 15 is 4.39 Å². The molecule has 0 aromatic rings. The summed E-state index contributed by atoms with van der Waals surface area (Å²) in [5, 5.41) is 10.4. The van der Waals surface area contributed by atoms with Gasteiger partial charge in [-0.1, -0.05) is 59.9 Å². The van der Waals surface area contributed by atoms with E-state index in [1.165, 1.54) is 38.0 Å². The molecule has 5 nitrogen and oxygen atoms in total. The van der Waals surface area contributed by atoms with Crippen molar-refractivity contribution in [3.63, 3.8) is 0 Å². The molecule has 0 bridgehead atoms. The molecule has 2 unspecified atom stereocenters. The van der Waals surface area contributed by atoms with Gasteiger partial charge >= 0.3 is 0 Å². The Hall–Kier alpha value is -1.63. The van der Waals surface area contributed by atoms with Crippen LogP contribution >= 0.6 is 0 Å². The third-order valence-corrected chi connectivity index (χ3v) is 7.83. The molecule has 3 saturated heterocycles. The molecule has 6 heteroatoms. The molecule has 3 heterocycles. The van der Waals surface area contributed by atoms with Crippen LogP contribution in [0.3, 0.4) is 0 Å². The van der Waals surface area contributed by atoms with Crippen molar-refractivity contribution < 1.29 is 10.9 Å². The average Bonchev–Trinajstić information content (AvgIpc) is 2.88. The number of likely N-dealkylation sites (tertiary alicyclic amines) is 1. The van der Waals surface area contributed by atoms with Crippen LogP contribution < -0.4 is 5.32 Å². The van der Waals surface area contributed by atoms with Crippen LogP contribution in [0.2, 0.25) is 0 Å². The third kappa shape index (κ3) is 12.0. The summed E-state index contributed by atoms with van der Waals surface area (Å²) in [6, 6.07) is 0. The first-order valence-corrected chi connectivity index (χ1v) is 13.8. The van der Waals surface area contributed by atoms with Crippen LogP contribution in [0.5, 0.6) is 0 Å². The Bertz CT molecular complexity index is 738. The van der Waals surface area contributed by atoms with Crippen molar-refractivity contribution in [2.24, 2.45) is 17.3 Å². The number of aliphatic hydroxyl groups excluding tert-OH is 1. The van der Waals surface area contributed by atoms with Gasteiger partial charge in [-0.2, -0.15) is 0 Å². The molecular formula is C32H63FN4O. The van der Waals surface area contributed by atoms with E-state index in [0.29, 0.717) is 17.8 Å². The van der Waals surface area contributed by atoms with E-state index in [9.17, 15) is 0 Å². The van der Waals surface area contributed by atoms with Gasteiger partial charge in [0, 0.05) is 65.6 Å². The summed E-state index contributed by atoms with van der Waals surface area (Å²) < 4.78 is 15.0. The maximum Gasteiger partial charge on any atom is 0.143 e. The van der Waals surface area contributed by atoms with Gasteiger partial charge in [0.05, 0.1) is 0 Å². The van der Waals surface area contributed by atoms with Crippen molar-refractivity contribution in [3.05, 3.63) is 48.4 Å². The molecule has 3 fully saturated rings. The zero-order chi connectivity index (χ0) is 26.7. The summed E-state index contributed by atoms with van der Waals surface area (Å²) in [5.74, 6) is 1.31. The molecule has 4 aliphatic rings. The fraction of sp³-hybridized carbons (Fsp3) is 0.750. The van der Waals surface area contributed by atoms with Crippen molar-refractivity contribution in [2.75, 3.05) is 66.5 Å². The SMILES string of the molecule is C.C.C=C1CCC(C2=CC=C(N3CCN(CC4CCN(C)CC4)CC3)C(F)C2)CN1.C=CC(C)(C)C.CO.[HH]. The van der Waals surface area contributed by atoms with Crippen LogP contribution in [0, 0.1) is 17.3 Å². The van der Waals surface area contributed by atoms with E-state index in [-0.39, 0.29) is 16.3 Å². The lowest BCUT2D eigenvalue weighted by molar-refractivity contribution is 0.106. The van der Waals surface area contributed by atoms with Gasteiger partial charge in [0.2, 0.25) is 0 Å². The summed E-state index contributed by atoms with van der Waals surface area (Å²) in [6.45, 7) is 22.7. The third-order valence-electron chi connectivity index (χ3n) is 7.83. The van der Waals surface area contributed by atoms with E-state index in [4.69, 9.17) is 5.11 Å². The standard InChI is InChI=1S/C23H37FN4.C6H12.CH4O.2CH4.H2/c1-18-3-4-21(16-25-18)20-5-6-23(22(24)15-20)28-13-11-27(12-14-28)17-19-7-9-26(2)10-8-19;1-5-6(2,3)4;1-2;;;/h5-6,19,21-22,25H,1,3-4,7-17H2,2H3;5H,1H2,2-4H3;2H,1H3;2*1H4;1H. The van der Waals surface area contributed by atoms with Crippen molar-refractivity contribution >= 4 is 0 Å². The quantitative estimate of drug-likeness (QED) is 0.408. The lowest BCUT2D eigenvalue weighted by Crippen LogP contribution is -2.49. The Balaban J connectivity index is 0. The fourth-order valence-electron chi connectivity index (χ4n) is 5.20. The van der Waals surface area contributed by atoms with Gasteiger partial charge in [0.25, 0.3) is 0 Å². The van der Waals surface area contributed by atoms with E-state index in [2.05, 4.69) is 73.1 Å². The van der Waals surface area contributed by atoms with Crippen molar-refractivity contribution in [3.8, 4) is 0 Å². The number of nitrogens with zero attached hydrogens (tertiary/aromatic N) is 3. The molecule has 38 heavy (non-hydrogen) atoms. The number of rotatable bonds is 4. The first kappa shape index (κ1) is 36.4. The summed E-state index contributed by atoms with van der Waals surface area (Å²) >= 11 is 0. The second-order valence-electron chi connectivity index (χ2n) is 11.8. The lowest BCUT2D eigenvalue weighted by atomic mass is 9.84. The fourth-order valence-corrected chi connectivity index (χ4v) is 5.20. The molecule has 2 N–H and O–H groups in total. The Morgan fingerprint density at radius 3 is 2.11 bits per heavy atom. The number of allylic oxidation sites excluding steroid dienone is 5. The number of aliphatic hydroxyl groups is 1. The monoisotopic (exact) mass is 538 g/mol. The van der Waals surface area contributed by atoms with Crippen molar-refractivity contribution in [2.45, 2.75) is 73.9 Å². The molecule has 2 atom stereocenters. The van der Waals surface area contributed by atoms with Crippen LogP contribution in [0.15, 0.2) is 48.4 Å². The normalized spacial score (nSPS) is 25.0. The molecule has 0 aromatic carbocycles. The molecule has 0 amide bonds. The maximum atomic E-state index is 15.0. The molecule has 0 spiro atoms. The highest BCUT2D eigenvalue weighted by molar-refractivity contribution is 5.30. The van der Waals surface area contributed by atoms with Crippen LogP contribution in [0.1, 0.15) is 69.2 Å². The number of piperazine rings is 1. The van der Waals surface area contributed by atoms with Gasteiger partial charge in [0.1, 0.15) is 6.17 Å². The predicted molar refractivity (Wildman–Crippen MR) is 167 cm³/mol.